The minimum atomic E-state index is -0.274. The fourth-order valence-electron chi connectivity index (χ4n) is 6.93. The molecule has 41 heavy (non-hydrogen) atoms. The van der Waals surface area contributed by atoms with Crippen LogP contribution in [0.1, 0.15) is 65.5 Å². The van der Waals surface area contributed by atoms with E-state index in [1.807, 2.05) is 0 Å². The third-order valence-corrected chi connectivity index (χ3v) is 9.63. The van der Waals surface area contributed by atoms with Gasteiger partial charge in [0.25, 0.3) is 0 Å². The van der Waals surface area contributed by atoms with Crippen molar-refractivity contribution in [1.29, 1.82) is 0 Å². The number of rotatable bonds is 6. The zero-order valence-electron chi connectivity index (χ0n) is 25.4. The summed E-state index contributed by atoms with van der Waals surface area (Å²) >= 11 is 7.14. The van der Waals surface area contributed by atoms with Gasteiger partial charge in [0.2, 0.25) is 5.69 Å². The predicted molar refractivity (Wildman–Crippen MR) is 170 cm³/mol. The van der Waals surface area contributed by atoms with E-state index in [0.717, 1.165) is 29.3 Å². The van der Waals surface area contributed by atoms with Gasteiger partial charge in [-0.15, -0.1) is 0 Å². The average Bonchev–Trinajstić information content (AvgIpc) is 3.33. The van der Waals surface area contributed by atoms with Crippen molar-refractivity contribution >= 4 is 34.7 Å². The lowest BCUT2D eigenvalue weighted by molar-refractivity contribution is -0.433. The van der Waals surface area contributed by atoms with Gasteiger partial charge in [0, 0.05) is 46.1 Å². The van der Waals surface area contributed by atoms with E-state index in [4.69, 9.17) is 16.3 Å². The van der Waals surface area contributed by atoms with Crippen molar-refractivity contribution in [3.8, 4) is 0 Å². The molecule has 0 amide bonds. The highest BCUT2D eigenvalue weighted by Gasteiger charge is 2.44. The summed E-state index contributed by atoms with van der Waals surface area (Å²) in [5.41, 5.74) is 9.28. The lowest BCUT2D eigenvalue weighted by Gasteiger charge is -2.27. The fourth-order valence-corrected chi connectivity index (χ4v) is 7.21. The van der Waals surface area contributed by atoms with Crippen LogP contribution in [0, 0.1) is 5.92 Å². The van der Waals surface area contributed by atoms with Gasteiger partial charge in [0.1, 0.15) is 6.54 Å². The number of allylic oxidation sites excluding steroid dienone is 8. The molecule has 5 rings (SSSR count). The molecule has 1 aliphatic carbocycles. The van der Waals surface area contributed by atoms with E-state index in [2.05, 4.69) is 124 Å². The normalized spacial score (nSPS) is 23.1. The van der Waals surface area contributed by atoms with Gasteiger partial charge in [0.15, 0.2) is 5.71 Å². The number of hydrogen-bond donors (Lipinski definition) is 0. The van der Waals surface area contributed by atoms with E-state index in [-0.39, 0.29) is 22.7 Å². The molecule has 0 radical (unpaired) electrons. The first-order valence-electron chi connectivity index (χ1n) is 14.7. The first kappa shape index (κ1) is 29.1. The van der Waals surface area contributed by atoms with Gasteiger partial charge in [-0.3, -0.25) is 4.79 Å². The van der Waals surface area contributed by atoms with Gasteiger partial charge in [-0.05, 0) is 69.4 Å². The van der Waals surface area contributed by atoms with Gasteiger partial charge >= 0.3 is 5.97 Å². The molecular formula is C36H42ClN2O2+. The number of esters is 1. The molecule has 0 bridgehead atoms. The molecule has 0 saturated carbocycles. The SMILES string of the molecule is CCN1/C(=C/C=C2\CC(C(=O)OC)CC(/C=C/C3=[N+](CC)c4ccccc4C3(C)C)=C2Cl)C(C)(C)c2ccccc21. The first-order chi connectivity index (χ1) is 19.6. The molecule has 214 valence electrons. The maximum Gasteiger partial charge on any atom is 0.309 e. The van der Waals surface area contributed by atoms with Crippen LogP contribution in [-0.2, 0) is 20.4 Å². The maximum atomic E-state index is 12.8. The number of carbonyl (C=O) groups is 1. The number of benzene rings is 2. The summed E-state index contributed by atoms with van der Waals surface area (Å²) in [4.78, 5) is 15.2. The number of halogens is 1. The van der Waals surface area contributed by atoms with E-state index in [1.54, 1.807) is 0 Å². The second-order valence-electron chi connectivity index (χ2n) is 12.2. The van der Waals surface area contributed by atoms with Gasteiger partial charge in [-0.1, -0.05) is 74.0 Å². The molecule has 0 fully saturated rings. The Labute approximate surface area is 250 Å². The Morgan fingerprint density at radius 2 is 1.66 bits per heavy atom. The largest absolute Gasteiger partial charge is 0.469 e. The Morgan fingerprint density at radius 3 is 2.34 bits per heavy atom. The summed E-state index contributed by atoms with van der Waals surface area (Å²) in [6.07, 6.45) is 9.76. The van der Waals surface area contributed by atoms with Crippen molar-refractivity contribution in [3.05, 3.63) is 106 Å². The van der Waals surface area contributed by atoms with Gasteiger partial charge in [0.05, 0.1) is 18.4 Å². The number of fused-ring (bicyclic) bond motifs is 2. The number of anilines is 1. The summed E-state index contributed by atoms with van der Waals surface area (Å²) in [7, 11) is 1.47. The number of ether oxygens (including phenoxy) is 1. The molecule has 2 aliphatic heterocycles. The topological polar surface area (TPSA) is 32.6 Å². The van der Waals surface area contributed by atoms with Crippen molar-refractivity contribution in [2.75, 3.05) is 25.1 Å². The number of para-hydroxylation sites is 2. The molecule has 2 aromatic carbocycles. The Morgan fingerprint density at radius 1 is 0.976 bits per heavy atom. The van der Waals surface area contributed by atoms with Crippen LogP contribution in [0.25, 0.3) is 0 Å². The van der Waals surface area contributed by atoms with E-state index in [0.29, 0.717) is 12.8 Å². The minimum Gasteiger partial charge on any atom is -0.469 e. The standard InChI is InChI=1S/C36H42ClN2O2/c1-8-38-29-16-12-10-14-27(29)35(3,4)31(38)20-18-24-22-26(34(40)41-7)23-25(33(24)37)19-21-32-36(5,6)28-15-11-13-17-30(28)39(32)9-2/h10-21,26H,8-9,22-23H2,1-7H3/q+1. The Balaban J connectivity index is 1.56. The second-order valence-corrected chi connectivity index (χ2v) is 12.6. The van der Waals surface area contributed by atoms with Gasteiger partial charge < -0.3 is 9.64 Å². The van der Waals surface area contributed by atoms with Crippen LogP contribution in [0.3, 0.4) is 0 Å². The van der Waals surface area contributed by atoms with Crippen LogP contribution in [0.4, 0.5) is 11.4 Å². The molecule has 0 N–H and O–H groups in total. The highest BCUT2D eigenvalue weighted by atomic mass is 35.5. The summed E-state index contributed by atoms with van der Waals surface area (Å²) < 4.78 is 7.58. The Kier molecular flexibility index (Phi) is 7.91. The Hall–Kier alpha value is -3.37. The fraction of sp³-hybridized carbons (Fsp3) is 0.389. The van der Waals surface area contributed by atoms with Crippen molar-refractivity contribution < 1.29 is 14.1 Å². The molecule has 3 aliphatic rings. The summed E-state index contributed by atoms with van der Waals surface area (Å²) in [6, 6.07) is 17.2. The molecule has 0 saturated heterocycles. The molecule has 0 spiro atoms. The minimum absolute atomic E-state index is 0.137. The van der Waals surface area contributed by atoms with E-state index in [1.165, 1.54) is 41.0 Å². The van der Waals surface area contributed by atoms with E-state index in [9.17, 15) is 4.79 Å². The molecule has 0 aromatic heterocycles. The summed E-state index contributed by atoms with van der Waals surface area (Å²) in [6.45, 7) is 15.2. The number of nitrogens with zero attached hydrogens (tertiary/aromatic N) is 2. The molecule has 1 unspecified atom stereocenters. The summed E-state index contributed by atoms with van der Waals surface area (Å²) in [5.74, 6) is -0.470. The number of likely N-dealkylation sites (N-methyl/N-ethyl adjacent to an activating group) is 1. The highest BCUT2D eigenvalue weighted by Crippen LogP contribution is 2.48. The molecule has 2 aromatic rings. The molecule has 5 heteroatoms. The number of carbonyl (C=O) groups excluding carboxylic acids is 1. The van der Waals surface area contributed by atoms with Crippen LogP contribution < -0.4 is 4.90 Å². The molecular weight excluding hydrogens is 528 g/mol. The summed E-state index contributed by atoms with van der Waals surface area (Å²) in [5, 5.41) is 0.728. The van der Waals surface area contributed by atoms with Crippen molar-refractivity contribution in [1.82, 2.24) is 0 Å². The number of methoxy groups -OCH3 is 1. The van der Waals surface area contributed by atoms with E-state index < -0.39 is 0 Å². The zero-order valence-corrected chi connectivity index (χ0v) is 26.2. The first-order valence-corrected chi connectivity index (χ1v) is 15.1. The average molecular weight is 570 g/mol. The van der Waals surface area contributed by atoms with Crippen LogP contribution in [0.5, 0.6) is 0 Å². The molecule has 4 nitrogen and oxygen atoms in total. The lowest BCUT2D eigenvalue weighted by Crippen LogP contribution is -2.27. The van der Waals surface area contributed by atoms with Crippen LogP contribution in [-0.4, -0.2) is 36.5 Å². The third kappa shape index (κ3) is 4.91. The quantitative estimate of drug-likeness (QED) is 0.259. The molecule has 1 atom stereocenters. The smallest absolute Gasteiger partial charge is 0.309 e. The Bertz CT molecular complexity index is 1540. The zero-order chi connectivity index (χ0) is 29.5. The van der Waals surface area contributed by atoms with Crippen LogP contribution >= 0.6 is 11.6 Å². The van der Waals surface area contributed by atoms with Crippen LogP contribution in [0.2, 0.25) is 0 Å². The van der Waals surface area contributed by atoms with E-state index >= 15 is 0 Å². The van der Waals surface area contributed by atoms with Crippen LogP contribution in [0.15, 0.2) is 94.7 Å². The van der Waals surface area contributed by atoms with Crippen molar-refractivity contribution in [3.63, 3.8) is 0 Å². The highest BCUT2D eigenvalue weighted by molar-refractivity contribution is 6.32. The second kappa shape index (κ2) is 11.1. The van der Waals surface area contributed by atoms with Gasteiger partial charge in [-0.2, -0.15) is 4.58 Å². The predicted octanol–water partition coefficient (Wildman–Crippen LogP) is 8.34. The van der Waals surface area contributed by atoms with Crippen molar-refractivity contribution in [2.45, 2.75) is 65.2 Å². The lowest BCUT2D eigenvalue weighted by atomic mass is 9.80. The van der Waals surface area contributed by atoms with Crippen molar-refractivity contribution in [2.24, 2.45) is 5.92 Å². The maximum absolute atomic E-state index is 12.8. The molecule has 2 heterocycles. The monoisotopic (exact) mass is 569 g/mol. The van der Waals surface area contributed by atoms with Gasteiger partial charge in [-0.25, -0.2) is 0 Å². The number of hydrogen-bond acceptors (Lipinski definition) is 3. The third-order valence-electron chi connectivity index (χ3n) is 9.15.